The van der Waals surface area contributed by atoms with Crippen LogP contribution in [0.15, 0.2) is 82.8 Å². The lowest BCUT2D eigenvalue weighted by Crippen LogP contribution is -2.18. The summed E-state index contributed by atoms with van der Waals surface area (Å²) in [5.41, 5.74) is 0.819. The molecule has 3 aromatic rings. The Kier molecular flexibility index (Phi) is 7.45. The molecule has 0 amide bonds. The van der Waals surface area contributed by atoms with E-state index in [-0.39, 0.29) is 16.2 Å². The van der Waals surface area contributed by atoms with Crippen molar-refractivity contribution in [1.82, 2.24) is 4.83 Å². The lowest BCUT2D eigenvalue weighted by atomic mass is 10.2. The van der Waals surface area contributed by atoms with Crippen LogP contribution in [0.1, 0.15) is 22.8 Å². The van der Waals surface area contributed by atoms with Crippen LogP contribution in [-0.2, 0) is 10.0 Å². The summed E-state index contributed by atoms with van der Waals surface area (Å²) in [6, 6.07) is 19.4. The van der Waals surface area contributed by atoms with Crippen LogP contribution < -0.4 is 19.0 Å². The van der Waals surface area contributed by atoms with Gasteiger partial charge in [-0.25, -0.2) is 9.63 Å². The van der Waals surface area contributed by atoms with Crippen molar-refractivity contribution in [1.29, 1.82) is 0 Å². The highest BCUT2D eigenvalue weighted by atomic mass is 32.2. The average molecular weight is 455 g/mol. The van der Waals surface area contributed by atoms with Gasteiger partial charge in [0.05, 0.1) is 24.8 Å². The molecular formula is C23H22N2O6S. The maximum atomic E-state index is 12.6. The number of carbonyl (C=O) groups excluding carboxylic acids is 1. The molecule has 0 aliphatic rings. The van der Waals surface area contributed by atoms with Crippen LogP contribution in [0.25, 0.3) is 0 Å². The summed E-state index contributed by atoms with van der Waals surface area (Å²) >= 11 is 0. The summed E-state index contributed by atoms with van der Waals surface area (Å²) < 4.78 is 40.8. The summed E-state index contributed by atoms with van der Waals surface area (Å²) in [4.78, 5) is 14.9. The zero-order valence-corrected chi connectivity index (χ0v) is 18.3. The van der Waals surface area contributed by atoms with Crippen LogP contribution in [0.2, 0.25) is 0 Å². The first-order valence-electron chi connectivity index (χ1n) is 9.66. The molecule has 0 unspecified atom stereocenters. The molecule has 0 aliphatic heterocycles. The van der Waals surface area contributed by atoms with Crippen molar-refractivity contribution in [3.63, 3.8) is 0 Å². The molecule has 0 aliphatic carbocycles. The molecule has 0 saturated heterocycles. The predicted molar refractivity (Wildman–Crippen MR) is 120 cm³/mol. The van der Waals surface area contributed by atoms with Crippen LogP contribution in [0, 0.1) is 0 Å². The Labute approximate surface area is 186 Å². The quantitative estimate of drug-likeness (QED) is 0.229. The standard InChI is InChI=1S/C23H22N2O6S/c1-3-30-22-15-17(16-24-25-32(27,28)18-9-5-4-6-10-18)13-14-21(22)31-23(26)19-11-7-8-12-20(19)29-2/h4-16,25H,3H2,1-2H3/b24-16-. The number of nitrogens with zero attached hydrogens (tertiary/aromatic N) is 1. The third-order valence-corrected chi connectivity index (χ3v) is 5.48. The van der Waals surface area contributed by atoms with Gasteiger partial charge in [-0.15, -0.1) is 0 Å². The summed E-state index contributed by atoms with van der Waals surface area (Å²) in [5, 5.41) is 3.81. The molecule has 0 bridgehead atoms. The first-order chi connectivity index (χ1) is 15.4. The van der Waals surface area contributed by atoms with Gasteiger partial charge in [-0.05, 0) is 55.0 Å². The Morgan fingerprint density at radius 3 is 2.41 bits per heavy atom. The van der Waals surface area contributed by atoms with Gasteiger partial charge in [0.2, 0.25) is 0 Å². The molecule has 3 rings (SSSR count). The molecule has 0 saturated carbocycles. The lowest BCUT2D eigenvalue weighted by molar-refractivity contribution is 0.0725. The number of ether oxygens (including phenoxy) is 3. The second-order valence-corrected chi connectivity index (χ2v) is 8.06. The number of hydrogen-bond donors (Lipinski definition) is 1. The smallest absolute Gasteiger partial charge is 0.347 e. The van der Waals surface area contributed by atoms with Crippen molar-refractivity contribution >= 4 is 22.2 Å². The first-order valence-corrected chi connectivity index (χ1v) is 11.1. The molecular weight excluding hydrogens is 432 g/mol. The molecule has 1 N–H and O–H groups in total. The number of hydrogen-bond acceptors (Lipinski definition) is 7. The highest BCUT2D eigenvalue weighted by Gasteiger charge is 2.17. The summed E-state index contributed by atoms with van der Waals surface area (Å²) in [5.74, 6) is 0.320. The van der Waals surface area contributed by atoms with E-state index < -0.39 is 16.0 Å². The minimum atomic E-state index is -3.77. The Bertz CT molecular complexity index is 1210. The van der Waals surface area contributed by atoms with Crippen LogP contribution in [0.4, 0.5) is 0 Å². The van der Waals surface area contributed by atoms with E-state index in [9.17, 15) is 13.2 Å². The molecule has 9 heteroatoms. The lowest BCUT2D eigenvalue weighted by Gasteiger charge is -2.12. The molecule has 0 radical (unpaired) electrons. The molecule has 0 spiro atoms. The molecule has 0 aromatic heterocycles. The fourth-order valence-corrected chi connectivity index (χ4v) is 3.56. The van der Waals surface area contributed by atoms with Crippen molar-refractivity contribution in [3.8, 4) is 17.2 Å². The van der Waals surface area contributed by atoms with Crippen LogP contribution >= 0.6 is 0 Å². The van der Waals surface area contributed by atoms with Crippen LogP contribution in [-0.4, -0.2) is 34.3 Å². The van der Waals surface area contributed by atoms with Gasteiger partial charge in [-0.2, -0.15) is 13.5 Å². The van der Waals surface area contributed by atoms with Gasteiger partial charge in [-0.3, -0.25) is 0 Å². The minimum Gasteiger partial charge on any atom is -0.496 e. The zero-order chi connectivity index (χ0) is 23.0. The topological polar surface area (TPSA) is 103 Å². The van der Waals surface area contributed by atoms with Gasteiger partial charge < -0.3 is 14.2 Å². The summed E-state index contributed by atoms with van der Waals surface area (Å²) in [6.45, 7) is 2.13. The van der Waals surface area contributed by atoms with E-state index >= 15 is 0 Å². The van der Waals surface area contributed by atoms with E-state index in [0.717, 1.165) is 0 Å². The summed E-state index contributed by atoms with van der Waals surface area (Å²) in [7, 11) is -2.30. The van der Waals surface area contributed by atoms with Crippen molar-refractivity contribution in [2.24, 2.45) is 5.10 Å². The van der Waals surface area contributed by atoms with Gasteiger partial charge in [0.1, 0.15) is 11.3 Å². The monoisotopic (exact) mass is 454 g/mol. The second kappa shape index (κ2) is 10.5. The summed E-state index contributed by atoms with van der Waals surface area (Å²) in [6.07, 6.45) is 1.33. The molecule has 166 valence electrons. The largest absolute Gasteiger partial charge is 0.496 e. The zero-order valence-electron chi connectivity index (χ0n) is 17.5. The van der Waals surface area contributed by atoms with E-state index in [0.29, 0.717) is 23.7 Å². The molecule has 8 nitrogen and oxygen atoms in total. The van der Waals surface area contributed by atoms with Crippen molar-refractivity contribution in [2.45, 2.75) is 11.8 Å². The SMILES string of the molecule is CCOc1cc(/C=N\NS(=O)(=O)c2ccccc2)ccc1OC(=O)c1ccccc1OC. The fourth-order valence-electron chi connectivity index (χ4n) is 2.75. The van der Waals surface area contributed by atoms with Gasteiger partial charge in [0, 0.05) is 0 Å². The number of esters is 1. The van der Waals surface area contributed by atoms with Crippen LogP contribution in [0.3, 0.4) is 0 Å². The Balaban J connectivity index is 1.77. The third kappa shape index (κ3) is 5.64. The van der Waals surface area contributed by atoms with Crippen molar-refractivity contribution < 1.29 is 27.4 Å². The minimum absolute atomic E-state index is 0.103. The van der Waals surface area contributed by atoms with Gasteiger partial charge in [-0.1, -0.05) is 30.3 Å². The van der Waals surface area contributed by atoms with E-state index in [4.69, 9.17) is 14.2 Å². The number of nitrogens with one attached hydrogen (secondary N) is 1. The fraction of sp³-hybridized carbons (Fsp3) is 0.130. The molecule has 32 heavy (non-hydrogen) atoms. The number of benzene rings is 3. The van der Waals surface area contributed by atoms with Crippen LogP contribution in [0.5, 0.6) is 17.2 Å². The highest BCUT2D eigenvalue weighted by Crippen LogP contribution is 2.30. The highest BCUT2D eigenvalue weighted by molar-refractivity contribution is 7.89. The van der Waals surface area contributed by atoms with Crippen molar-refractivity contribution in [2.75, 3.05) is 13.7 Å². The first kappa shape index (κ1) is 22.8. The molecule has 0 atom stereocenters. The second-order valence-electron chi connectivity index (χ2n) is 6.39. The van der Waals surface area contributed by atoms with Gasteiger partial charge >= 0.3 is 5.97 Å². The molecule has 0 heterocycles. The number of hydrazone groups is 1. The van der Waals surface area contributed by atoms with Crippen molar-refractivity contribution in [3.05, 3.63) is 83.9 Å². The average Bonchev–Trinajstić information content (AvgIpc) is 2.81. The third-order valence-electron chi connectivity index (χ3n) is 4.24. The Morgan fingerprint density at radius 2 is 1.69 bits per heavy atom. The van der Waals surface area contributed by atoms with E-state index in [1.54, 1.807) is 67.6 Å². The van der Waals surface area contributed by atoms with E-state index in [1.807, 2.05) is 0 Å². The Hall–Kier alpha value is -3.85. The Morgan fingerprint density at radius 1 is 0.969 bits per heavy atom. The molecule has 0 fully saturated rings. The maximum absolute atomic E-state index is 12.6. The predicted octanol–water partition coefficient (Wildman–Crippen LogP) is 3.63. The van der Waals surface area contributed by atoms with Gasteiger partial charge in [0.15, 0.2) is 11.5 Å². The van der Waals surface area contributed by atoms with Gasteiger partial charge in [0.25, 0.3) is 10.0 Å². The number of rotatable bonds is 9. The van der Waals surface area contributed by atoms with E-state index in [1.165, 1.54) is 25.5 Å². The number of sulfonamides is 1. The number of carbonyl (C=O) groups is 1. The maximum Gasteiger partial charge on any atom is 0.347 e. The normalized spacial score (nSPS) is 11.2. The number of methoxy groups -OCH3 is 1. The van der Waals surface area contributed by atoms with E-state index in [2.05, 4.69) is 9.93 Å². The number of para-hydroxylation sites is 1. The molecule has 3 aromatic carbocycles.